The van der Waals surface area contributed by atoms with Gasteiger partial charge in [-0.1, -0.05) is 17.4 Å². The predicted molar refractivity (Wildman–Crippen MR) is 88.1 cm³/mol. The van der Waals surface area contributed by atoms with Crippen molar-refractivity contribution in [2.45, 2.75) is 13.8 Å². The Morgan fingerprint density at radius 1 is 1.48 bits per heavy atom. The van der Waals surface area contributed by atoms with Crippen LogP contribution in [0, 0.1) is 0 Å². The van der Waals surface area contributed by atoms with Crippen LogP contribution in [0.25, 0.3) is 0 Å². The van der Waals surface area contributed by atoms with Crippen molar-refractivity contribution in [3.63, 3.8) is 0 Å². The summed E-state index contributed by atoms with van der Waals surface area (Å²) in [5.74, 6) is 0.165. The number of nitrogens with zero attached hydrogens (tertiary/aromatic N) is 3. The van der Waals surface area contributed by atoms with Crippen molar-refractivity contribution in [2.75, 3.05) is 50.5 Å². The van der Waals surface area contributed by atoms with Crippen LogP contribution in [0.5, 0.6) is 0 Å². The Bertz CT molecular complexity index is 472. The van der Waals surface area contributed by atoms with Crippen LogP contribution in [0.1, 0.15) is 23.5 Å². The molecule has 0 saturated heterocycles. The third-order valence-electron chi connectivity index (χ3n) is 3.07. The third-order valence-corrected chi connectivity index (χ3v) is 4.19. The number of anilines is 2. The van der Waals surface area contributed by atoms with Crippen LogP contribution in [-0.2, 0) is 4.74 Å². The first-order chi connectivity index (χ1) is 10.1. The van der Waals surface area contributed by atoms with Gasteiger partial charge in [0.05, 0.1) is 6.61 Å². The average Bonchev–Trinajstić information content (AvgIpc) is 2.86. The summed E-state index contributed by atoms with van der Waals surface area (Å²) in [4.78, 5) is 21.1. The second-order valence-corrected chi connectivity index (χ2v) is 5.39. The second kappa shape index (κ2) is 8.63. The molecule has 1 aromatic rings. The molecule has 0 saturated carbocycles. The van der Waals surface area contributed by atoms with Gasteiger partial charge in [0.1, 0.15) is 10.7 Å². The van der Waals surface area contributed by atoms with Crippen LogP contribution < -0.4 is 10.6 Å². The van der Waals surface area contributed by atoms with Crippen molar-refractivity contribution in [1.29, 1.82) is 0 Å². The number of nitrogen functional groups attached to an aromatic ring is 1. The van der Waals surface area contributed by atoms with Gasteiger partial charge in [0.15, 0.2) is 5.13 Å². The molecule has 1 heterocycles. The lowest BCUT2D eigenvalue weighted by Gasteiger charge is -2.20. The monoisotopic (exact) mass is 312 g/mol. The third kappa shape index (κ3) is 4.44. The number of carbonyl (C=O) groups excluding carboxylic acids is 1. The van der Waals surface area contributed by atoms with Gasteiger partial charge in [-0.25, -0.2) is 4.98 Å². The molecule has 21 heavy (non-hydrogen) atoms. The number of ether oxygens (including phenoxy) is 1. The van der Waals surface area contributed by atoms with Gasteiger partial charge in [-0.15, -0.1) is 6.58 Å². The number of thiazole rings is 1. The minimum absolute atomic E-state index is 0.125. The molecule has 6 nitrogen and oxygen atoms in total. The molecule has 0 atom stereocenters. The zero-order chi connectivity index (χ0) is 15.8. The highest BCUT2D eigenvalue weighted by Crippen LogP contribution is 2.29. The molecule has 0 aromatic carbocycles. The number of hydrogen-bond acceptors (Lipinski definition) is 6. The number of nitrogens with two attached hydrogens (primary N) is 1. The Balaban J connectivity index is 2.96. The van der Waals surface area contributed by atoms with E-state index in [0.29, 0.717) is 30.4 Å². The summed E-state index contributed by atoms with van der Waals surface area (Å²) in [6.45, 7) is 10.9. The predicted octanol–water partition coefficient (Wildman–Crippen LogP) is 1.85. The molecule has 1 rings (SSSR count). The standard InChI is InChI=1S/C14H24N4O2S/c1-5-8-18(9-10-20-4)13(19)11-12(15)16-14(21-11)17(6-2)7-3/h5H,1,6-10,15H2,2-4H3. The molecule has 0 fully saturated rings. The maximum atomic E-state index is 12.6. The Morgan fingerprint density at radius 2 is 2.14 bits per heavy atom. The van der Waals surface area contributed by atoms with E-state index >= 15 is 0 Å². The molecule has 0 unspecified atom stereocenters. The van der Waals surface area contributed by atoms with E-state index < -0.39 is 0 Å². The van der Waals surface area contributed by atoms with Gasteiger partial charge in [-0.05, 0) is 13.8 Å². The van der Waals surface area contributed by atoms with E-state index in [1.54, 1.807) is 18.1 Å². The number of methoxy groups -OCH3 is 1. The van der Waals surface area contributed by atoms with Gasteiger partial charge in [-0.3, -0.25) is 4.79 Å². The molecular formula is C14H24N4O2S. The topological polar surface area (TPSA) is 71.7 Å². The highest BCUT2D eigenvalue weighted by atomic mass is 32.1. The first-order valence-corrected chi connectivity index (χ1v) is 7.80. The Labute approximate surface area is 130 Å². The summed E-state index contributed by atoms with van der Waals surface area (Å²) in [5, 5.41) is 0.783. The highest BCUT2D eigenvalue weighted by molar-refractivity contribution is 7.18. The van der Waals surface area contributed by atoms with Gasteiger partial charge in [0, 0.05) is 33.3 Å². The van der Waals surface area contributed by atoms with Crippen LogP contribution in [0.4, 0.5) is 10.9 Å². The van der Waals surface area contributed by atoms with Crippen molar-refractivity contribution in [1.82, 2.24) is 9.88 Å². The number of hydrogen-bond donors (Lipinski definition) is 1. The van der Waals surface area contributed by atoms with E-state index in [9.17, 15) is 4.79 Å². The molecule has 1 aromatic heterocycles. The van der Waals surface area contributed by atoms with Gasteiger partial charge in [0.25, 0.3) is 5.91 Å². The fourth-order valence-corrected chi connectivity index (χ4v) is 2.96. The van der Waals surface area contributed by atoms with E-state index in [1.807, 2.05) is 13.8 Å². The molecular weight excluding hydrogens is 288 g/mol. The maximum absolute atomic E-state index is 12.6. The molecule has 0 aliphatic heterocycles. The summed E-state index contributed by atoms with van der Waals surface area (Å²) in [7, 11) is 1.61. The molecule has 1 amide bonds. The largest absolute Gasteiger partial charge is 0.383 e. The fraction of sp³-hybridized carbons (Fsp3) is 0.571. The lowest BCUT2D eigenvalue weighted by atomic mass is 10.3. The number of carbonyl (C=O) groups is 1. The summed E-state index contributed by atoms with van der Waals surface area (Å²) >= 11 is 1.34. The molecule has 0 radical (unpaired) electrons. The normalized spacial score (nSPS) is 10.4. The van der Waals surface area contributed by atoms with Crippen molar-refractivity contribution in [2.24, 2.45) is 0 Å². The highest BCUT2D eigenvalue weighted by Gasteiger charge is 2.22. The van der Waals surface area contributed by atoms with Crippen molar-refractivity contribution >= 4 is 28.2 Å². The van der Waals surface area contributed by atoms with Crippen molar-refractivity contribution in [3.8, 4) is 0 Å². The zero-order valence-electron chi connectivity index (χ0n) is 13.0. The second-order valence-electron chi connectivity index (χ2n) is 4.42. The molecule has 118 valence electrons. The van der Waals surface area contributed by atoms with Crippen molar-refractivity contribution < 1.29 is 9.53 Å². The van der Waals surface area contributed by atoms with E-state index in [0.717, 1.165) is 18.2 Å². The maximum Gasteiger partial charge on any atom is 0.268 e. The Morgan fingerprint density at radius 3 is 2.67 bits per heavy atom. The van der Waals surface area contributed by atoms with Gasteiger partial charge < -0.3 is 20.3 Å². The average molecular weight is 312 g/mol. The minimum Gasteiger partial charge on any atom is -0.383 e. The summed E-state index contributed by atoms with van der Waals surface area (Å²) < 4.78 is 5.03. The molecule has 0 spiro atoms. The summed E-state index contributed by atoms with van der Waals surface area (Å²) in [5.41, 5.74) is 5.92. The fourth-order valence-electron chi connectivity index (χ4n) is 1.88. The van der Waals surface area contributed by atoms with E-state index in [-0.39, 0.29) is 5.91 Å². The van der Waals surface area contributed by atoms with E-state index in [1.165, 1.54) is 11.3 Å². The minimum atomic E-state index is -0.125. The first-order valence-electron chi connectivity index (χ1n) is 6.99. The SMILES string of the molecule is C=CCN(CCOC)C(=O)c1sc(N(CC)CC)nc1N. The quantitative estimate of drug-likeness (QED) is 0.705. The van der Waals surface area contributed by atoms with Gasteiger partial charge >= 0.3 is 0 Å². The molecule has 0 aliphatic rings. The molecule has 2 N–H and O–H groups in total. The number of amides is 1. The summed E-state index contributed by atoms with van der Waals surface area (Å²) in [6.07, 6.45) is 1.69. The van der Waals surface area contributed by atoms with Crippen LogP contribution in [0.2, 0.25) is 0 Å². The lowest BCUT2D eigenvalue weighted by molar-refractivity contribution is 0.0723. The number of rotatable bonds is 9. The van der Waals surface area contributed by atoms with Crippen molar-refractivity contribution in [3.05, 3.63) is 17.5 Å². The lowest BCUT2D eigenvalue weighted by Crippen LogP contribution is -2.34. The van der Waals surface area contributed by atoms with E-state index in [2.05, 4.69) is 16.5 Å². The molecule has 0 aliphatic carbocycles. The Hall–Kier alpha value is -1.60. The first kappa shape index (κ1) is 17.5. The van der Waals surface area contributed by atoms with Crippen LogP contribution in [-0.4, -0.2) is 55.7 Å². The van der Waals surface area contributed by atoms with Gasteiger partial charge in [0.2, 0.25) is 0 Å². The van der Waals surface area contributed by atoms with E-state index in [4.69, 9.17) is 10.5 Å². The smallest absolute Gasteiger partial charge is 0.268 e. The number of aromatic nitrogens is 1. The van der Waals surface area contributed by atoms with Crippen LogP contribution in [0.15, 0.2) is 12.7 Å². The molecule has 7 heteroatoms. The van der Waals surface area contributed by atoms with Crippen LogP contribution >= 0.6 is 11.3 Å². The van der Waals surface area contributed by atoms with Crippen LogP contribution in [0.3, 0.4) is 0 Å². The zero-order valence-corrected chi connectivity index (χ0v) is 13.8. The van der Waals surface area contributed by atoms with Gasteiger partial charge in [-0.2, -0.15) is 0 Å². The summed E-state index contributed by atoms with van der Waals surface area (Å²) in [6, 6.07) is 0. The molecule has 0 bridgehead atoms. The Kier molecular flexibility index (Phi) is 7.18.